The smallest absolute Gasteiger partial charge is 0.251 e. The van der Waals surface area contributed by atoms with Gasteiger partial charge in [-0.25, -0.2) is 0 Å². The lowest BCUT2D eigenvalue weighted by Gasteiger charge is -2.19. The molecule has 1 N–H and O–H groups in total. The summed E-state index contributed by atoms with van der Waals surface area (Å²) in [5, 5.41) is 2.88. The fraction of sp³-hybridized carbons (Fsp3) is 0.550. The number of ether oxygens (including phenoxy) is 1. The number of nitrogens with zero attached hydrogens (tertiary/aromatic N) is 1. The van der Waals surface area contributed by atoms with Gasteiger partial charge in [0.05, 0.1) is 23.6 Å². The molecule has 0 radical (unpaired) electrons. The quantitative estimate of drug-likeness (QED) is 0.840. The highest BCUT2D eigenvalue weighted by Crippen LogP contribution is 2.40. The summed E-state index contributed by atoms with van der Waals surface area (Å²) in [6.45, 7) is 1.23. The Morgan fingerprint density at radius 1 is 1.08 bits per heavy atom. The van der Waals surface area contributed by atoms with Gasteiger partial charge < -0.3 is 10.1 Å². The zero-order chi connectivity index (χ0) is 18.1. The van der Waals surface area contributed by atoms with Gasteiger partial charge in [-0.05, 0) is 43.9 Å². The highest BCUT2D eigenvalue weighted by atomic mass is 16.5. The molecule has 26 heavy (non-hydrogen) atoms. The minimum atomic E-state index is -0.209. The van der Waals surface area contributed by atoms with Crippen molar-refractivity contribution in [1.29, 1.82) is 0 Å². The van der Waals surface area contributed by atoms with E-state index in [1.165, 1.54) is 4.90 Å². The summed E-state index contributed by atoms with van der Waals surface area (Å²) < 4.78 is 5.51. The van der Waals surface area contributed by atoms with Gasteiger partial charge in [-0.15, -0.1) is 0 Å². The van der Waals surface area contributed by atoms with Crippen LogP contribution in [0.3, 0.4) is 0 Å². The molecule has 2 aliphatic heterocycles. The van der Waals surface area contributed by atoms with E-state index in [1.807, 2.05) is 0 Å². The molecule has 0 bridgehead atoms. The van der Waals surface area contributed by atoms with E-state index in [0.29, 0.717) is 17.8 Å². The van der Waals surface area contributed by atoms with Crippen molar-refractivity contribution < 1.29 is 19.1 Å². The van der Waals surface area contributed by atoms with Crippen molar-refractivity contribution in [3.63, 3.8) is 0 Å². The molecule has 3 aliphatic rings. The van der Waals surface area contributed by atoms with Gasteiger partial charge in [-0.3, -0.25) is 19.3 Å². The SMILES string of the molecule is O=C(NCC1CCCO1)c1cccc(N2C(=O)C3CCCCC3C2=O)c1. The molecule has 2 saturated heterocycles. The van der Waals surface area contributed by atoms with Crippen molar-refractivity contribution in [2.45, 2.75) is 44.6 Å². The summed E-state index contributed by atoms with van der Waals surface area (Å²) in [4.78, 5) is 39.2. The number of fused-ring (bicyclic) bond motifs is 1. The molecular formula is C20H24N2O4. The van der Waals surface area contributed by atoms with Gasteiger partial charge in [0.15, 0.2) is 0 Å². The molecule has 1 aromatic carbocycles. The molecule has 138 valence electrons. The Morgan fingerprint density at radius 3 is 2.46 bits per heavy atom. The Morgan fingerprint density at radius 2 is 1.81 bits per heavy atom. The van der Waals surface area contributed by atoms with Crippen LogP contribution in [-0.2, 0) is 14.3 Å². The largest absolute Gasteiger partial charge is 0.376 e. The third-order valence-corrected chi connectivity index (χ3v) is 5.72. The Bertz CT molecular complexity index is 702. The van der Waals surface area contributed by atoms with Crippen LogP contribution in [0.15, 0.2) is 24.3 Å². The van der Waals surface area contributed by atoms with Crippen molar-refractivity contribution in [2.24, 2.45) is 11.8 Å². The van der Waals surface area contributed by atoms with Crippen molar-refractivity contribution >= 4 is 23.4 Å². The van der Waals surface area contributed by atoms with Crippen LogP contribution in [0.5, 0.6) is 0 Å². The van der Waals surface area contributed by atoms with E-state index in [2.05, 4.69) is 5.32 Å². The number of nitrogens with one attached hydrogen (secondary N) is 1. The molecule has 0 aromatic heterocycles. The first-order valence-electron chi connectivity index (χ1n) is 9.53. The lowest BCUT2D eigenvalue weighted by molar-refractivity contribution is -0.122. The first-order chi connectivity index (χ1) is 12.6. The van der Waals surface area contributed by atoms with E-state index in [1.54, 1.807) is 24.3 Å². The second-order valence-electron chi connectivity index (χ2n) is 7.40. The second-order valence-corrected chi connectivity index (χ2v) is 7.40. The Labute approximate surface area is 152 Å². The van der Waals surface area contributed by atoms with E-state index in [0.717, 1.165) is 45.1 Å². The number of imide groups is 1. The van der Waals surface area contributed by atoms with Crippen molar-refractivity contribution in [1.82, 2.24) is 5.32 Å². The highest BCUT2D eigenvalue weighted by molar-refractivity contribution is 6.22. The second kappa shape index (κ2) is 7.19. The Hall–Kier alpha value is -2.21. The molecule has 2 heterocycles. The molecule has 3 atom stereocenters. The first kappa shape index (κ1) is 17.2. The van der Waals surface area contributed by atoms with E-state index in [-0.39, 0.29) is 35.7 Å². The van der Waals surface area contributed by atoms with Gasteiger partial charge in [0.25, 0.3) is 5.91 Å². The van der Waals surface area contributed by atoms with Gasteiger partial charge in [-0.1, -0.05) is 18.9 Å². The van der Waals surface area contributed by atoms with Gasteiger partial charge >= 0.3 is 0 Å². The van der Waals surface area contributed by atoms with Crippen LogP contribution in [0.4, 0.5) is 5.69 Å². The minimum Gasteiger partial charge on any atom is -0.376 e. The number of hydrogen-bond donors (Lipinski definition) is 1. The van der Waals surface area contributed by atoms with Crippen LogP contribution < -0.4 is 10.2 Å². The molecule has 3 amide bonds. The van der Waals surface area contributed by atoms with Crippen LogP contribution in [0.2, 0.25) is 0 Å². The third kappa shape index (κ3) is 3.14. The van der Waals surface area contributed by atoms with Crippen LogP contribution in [-0.4, -0.2) is 37.0 Å². The predicted molar refractivity (Wildman–Crippen MR) is 95.7 cm³/mol. The molecule has 1 saturated carbocycles. The number of rotatable bonds is 4. The lowest BCUT2D eigenvalue weighted by Crippen LogP contribution is -2.33. The average Bonchev–Trinajstić information content (AvgIpc) is 3.27. The molecule has 3 unspecified atom stereocenters. The predicted octanol–water partition coefficient (Wildman–Crippen LogP) is 2.28. The van der Waals surface area contributed by atoms with Crippen LogP contribution in [0, 0.1) is 11.8 Å². The van der Waals surface area contributed by atoms with Crippen LogP contribution in [0.25, 0.3) is 0 Å². The van der Waals surface area contributed by atoms with Crippen molar-refractivity contribution in [3.8, 4) is 0 Å². The number of amides is 3. The van der Waals surface area contributed by atoms with Crippen molar-refractivity contribution in [2.75, 3.05) is 18.1 Å². The lowest BCUT2D eigenvalue weighted by atomic mass is 9.81. The number of benzene rings is 1. The zero-order valence-corrected chi connectivity index (χ0v) is 14.8. The fourth-order valence-electron chi connectivity index (χ4n) is 4.32. The van der Waals surface area contributed by atoms with Gasteiger partial charge in [0.1, 0.15) is 0 Å². The highest BCUT2D eigenvalue weighted by Gasteiger charge is 2.48. The summed E-state index contributed by atoms with van der Waals surface area (Å²) in [5.41, 5.74) is 0.954. The molecule has 0 spiro atoms. The molecule has 3 fully saturated rings. The van der Waals surface area contributed by atoms with Crippen molar-refractivity contribution in [3.05, 3.63) is 29.8 Å². The van der Waals surface area contributed by atoms with Gasteiger partial charge in [0, 0.05) is 18.7 Å². The van der Waals surface area contributed by atoms with E-state index in [4.69, 9.17) is 4.74 Å². The Balaban J connectivity index is 1.49. The minimum absolute atomic E-state index is 0.0759. The number of anilines is 1. The summed E-state index contributed by atoms with van der Waals surface area (Å²) in [7, 11) is 0. The normalized spacial score (nSPS) is 28.3. The maximum atomic E-state index is 12.7. The topological polar surface area (TPSA) is 75.7 Å². The van der Waals surface area contributed by atoms with Crippen LogP contribution >= 0.6 is 0 Å². The summed E-state index contributed by atoms with van der Waals surface area (Å²) >= 11 is 0. The van der Waals surface area contributed by atoms with Gasteiger partial charge in [0.2, 0.25) is 11.8 Å². The summed E-state index contributed by atoms with van der Waals surface area (Å²) in [6.07, 6.45) is 5.63. The Kier molecular flexibility index (Phi) is 4.76. The number of carbonyl (C=O) groups is 3. The molecule has 1 aliphatic carbocycles. The van der Waals surface area contributed by atoms with E-state index >= 15 is 0 Å². The standard InChI is InChI=1S/C20H24N2O4/c23-18(21-12-15-7-4-10-26-15)13-5-3-6-14(11-13)22-19(24)16-8-1-2-9-17(16)20(22)25/h3,5-6,11,15-17H,1-2,4,7-10,12H2,(H,21,23). The summed E-state index contributed by atoms with van der Waals surface area (Å²) in [6, 6.07) is 6.78. The number of hydrogen-bond acceptors (Lipinski definition) is 4. The monoisotopic (exact) mass is 356 g/mol. The first-order valence-corrected chi connectivity index (χ1v) is 9.53. The molecule has 4 rings (SSSR count). The molecule has 6 nitrogen and oxygen atoms in total. The zero-order valence-electron chi connectivity index (χ0n) is 14.8. The maximum Gasteiger partial charge on any atom is 0.251 e. The van der Waals surface area contributed by atoms with E-state index < -0.39 is 0 Å². The van der Waals surface area contributed by atoms with Crippen LogP contribution in [0.1, 0.15) is 48.9 Å². The number of carbonyl (C=O) groups excluding carboxylic acids is 3. The van der Waals surface area contributed by atoms with E-state index in [9.17, 15) is 14.4 Å². The third-order valence-electron chi connectivity index (χ3n) is 5.72. The maximum absolute atomic E-state index is 12.7. The summed E-state index contributed by atoms with van der Waals surface area (Å²) in [5.74, 6) is -0.811. The average molecular weight is 356 g/mol. The molecular weight excluding hydrogens is 332 g/mol. The fourth-order valence-corrected chi connectivity index (χ4v) is 4.32. The molecule has 6 heteroatoms. The molecule has 1 aromatic rings. The van der Waals surface area contributed by atoms with Gasteiger partial charge in [-0.2, -0.15) is 0 Å².